The molecule has 0 spiro atoms. The van der Waals surface area contributed by atoms with Gasteiger partial charge in [0.05, 0.1) is 0 Å². The van der Waals surface area contributed by atoms with Crippen LogP contribution in [-0.4, -0.2) is 29.6 Å². The predicted molar refractivity (Wildman–Crippen MR) is 71.4 cm³/mol. The molecule has 4 nitrogen and oxygen atoms in total. The van der Waals surface area contributed by atoms with E-state index in [1.807, 2.05) is 12.3 Å². The summed E-state index contributed by atoms with van der Waals surface area (Å²) < 4.78 is 0. The zero-order valence-electron chi connectivity index (χ0n) is 10.8. The number of nitrogens with zero attached hydrogens (tertiary/aromatic N) is 3. The van der Waals surface area contributed by atoms with Gasteiger partial charge >= 0.3 is 0 Å². The first kappa shape index (κ1) is 12.1. The van der Waals surface area contributed by atoms with E-state index in [-0.39, 0.29) is 0 Å². The van der Waals surface area contributed by atoms with Gasteiger partial charge in [-0.15, -0.1) is 0 Å². The highest BCUT2D eigenvalue weighted by Crippen LogP contribution is 2.21. The van der Waals surface area contributed by atoms with E-state index in [4.69, 9.17) is 0 Å². The van der Waals surface area contributed by atoms with Crippen LogP contribution in [-0.2, 0) is 0 Å². The van der Waals surface area contributed by atoms with Crippen molar-refractivity contribution < 1.29 is 0 Å². The third-order valence-electron chi connectivity index (χ3n) is 3.28. The number of hydrogen-bond acceptors (Lipinski definition) is 4. The minimum absolute atomic E-state index is 0.753. The SMILES string of the molecule is CCCNc1nccc(N2CCC(C)CC2)n1. The first-order chi connectivity index (χ1) is 8.29. The van der Waals surface area contributed by atoms with Crippen molar-refractivity contribution in [1.82, 2.24) is 9.97 Å². The van der Waals surface area contributed by atoms with Gasteiger partial charge in [-0.3, -0.25) is 0 Å². The van der Waals surface area contributed by atoms with Gasteiger partial charge in [-0.05, 0) is 31.2 Å². The molecule has 0 unspecified atom stereocenters. The Morgan fingerprint density at radius 2 is 2.18 bits per heavy atom. The minimum atomic E-state index is 0.753. The van der Waals surface area contributed by atoms with Crippen LogP contribution in [0.3, 0.4) is 0 Å². The molecule has 17 heavy (non-hydrogen) atoms. The lowest BCUT2D eigenvalue weighted by molar-refractivity contribution is 0.436. The molecule has 0 aromatic carbocycles. The van der Waals surface area contributed by atoms with Crippen LogP contribution in [0.25, 0.3) is 0 Å². The Kier molecular flexibility index (Phi) is 4.18. The van der Waals surface area contributed by atoms with E-state index < -0.39 is 0 Å². The average molecular weight is 234 g/mol. The van der Waals surface area contributed by atoms with Crippen LogP contribution in [0.5, 0.6) is 0 Å². The highest BCUT2D eigenvalue weighted by atomic mass is 15.2. The fourth-order valence-electron chi connectivity index (χ4n) is 2.08. The topological polar surface area (TPSA) is 41.1 Å². The Morgan fingerprint density at radius 1 is 1.41 bits per heavy atom. The van der Waals surface area contributed by atoms with Gasteiger partial charge in [0.2, 0.25) is 5.95 Å². The van der Waals surface area contributed by atoms with Gasteiger partial charge < -0.3 is 10.2 Å². The smallest absolute Gasteiger partial charge is 0.224 e. The molecule has 1 aromatic rings. The Labute approximate surface area is 103 Å². The molecular formula is C13H22N4. The fourth-order valence-corrected chi connectivity index (χ4v) is 2.08. The van der Waals surface area contributed by atoms with Gasteiger partial charge in [-0.25, -0.2) is 4.98 Å². The number of piperidine rings is 1. The van der Waals surface area contributed by atoms with Crippen molar-refractivity contribution in [3.63, 3.8) is 0 Å². The van der Waals surface area contributed by atoms with E-state index in [0.29, 0.717) is 0 Å². The third-order valence-corrected chi connectivity index (χ3v) is 3.28. The van der Waals surface area contributed by atoms with E-state index in [0.717, 1.165) is 43.7 Å². The molecule has 1 N–H and O–H groups in total. The van der Waals surface area contributed by atoms with Crippen LogP contribution in [0, 0.1) is 5.92 Å². The molecule has 0 radical (unpaired) electrons. The lowest BCUT2D eigenvalue weighted by Crippen LogP contribution is -2.33. The van der Waals surface area contributed by atoms with Gasteiger partial charge in [0, 0.05) is 25.8 Å². The molecule has 2 rings (SSSR count). The maximum Gasteiger partial charge on any atom is 0.224 e. The van der Waals surface area contributed by atoms with Gasteiger partial charge in [-0.1, -0.05) is 13.8 Å². The maximum absolute atomic E-state index is 4.56. The van der Waals surface area contributed by atoms with Crippen molar-refractivity contribution in [2.45, 2.75) is 33.1 Å². The lowest BCUT2D eigenvalue weighted by Gasteiger charge is -2.31. The van der Waals surface area contributed by atoms with Crippen molar-refractivity contribution in [3.05, 3.63) is 12.3 Å². The summed E-state index contributed by atoms with van der Waals surface area (Å²) in [6.45, 7) is 7.63. The van der Waals surface area contributed by atoms with Crippen LogP contribution in [0.1, 0.15) is 33.1 Å². The summed E-state index contributed by atoms with van der Waals surface area (Å²) in [7, 11) is 0. The second kappa shape index (κ2) is 5.84. The fraction of sp³-hybridized carbons (Fsp3) is 0.692. The Hall–Kier alpha value is -1.32. The van der Waals surface area contributed by atoms with Gasteiger partial charge in [0.25, 0.3) is 0 Å². The molecule has 94 valence electrons. The Bertz CT molecular complexity index is 345. The van der Waals surface area contributed by atoms with E-state index >= 15 is 0 Å². The van der Waals surface area contributed by atoms with Crippen LogP contribution >= 0.6 is 0 Å². The Balaban J connectivity index is 2.00. The zero-order valence-corrected chi connectivity index (χ0v) is 10.8. The molecule has 1 saturated heterocycles. The van der Waals surface area contributed by atoms with Gasteiger partial charge in [0.15, 0.2) is 0 Å². The van der Waals surface area contributed by atoms with Gasteiger partial charge in [0.1, 0.15) is 5.82 Å². The normalized spacial score (nSPS) is 17.2. The molecule has 1 fully saturated rings. The molecule has 0 bridgehead atoms. The molecule has 0 amide bonds. The zero-order chi connectivity index (χ0) is 12.1. The second-order valence-corrected chi connectivity index (χ2v) is 4.83. The van der Waals surface area contributed by atoms with Crippen molar-refractivity contribution in [1.29, 1.82) is 0 Å². The minimum Gasteiger partial charge on any atom is -0.356 e. The van der Waals surface area contributed by atoms with Crippen LogP contribution in [0.4, 0.5) is 11.8 Å². The average Bonchev–Trinajstić information content (AvgIpc) is 2.37. The van der Waals surface area contributed by atoms with E-state index in [1.165, 1.54) is 12.8 Å². The molecule has 1 aromatic heterocycles. The van der Waals surface area contributed by atoms with E-state index in [2.05, 4.69) is 34.0 Å². The van der Waals surface area contributed by atoms with Crippen LogP contribution in [0.2, 0.25) is 0 Å². The second-order valence-electron chi connectivity index (χ2n) is 4.83. The van der Waals surface area contributed by atoms with Crippen LogP contribution < -0.4 is 10.2 Å². The summed E-state index contributed by atoms with van der Waals surface area (Å²) in [5, 5.41) is 3.23. The first-order valence-corrected chi connectivity index (χ1v) is 6.61. The molecule has 0 aliphatic carbocycles. The summed E-state index contributed by atoms with van der Waals surface area (Å²) in [5.41, 5.74) is 0. The summed E-state index contributed by atoms with van der Waals surface area (Å²) in [4.78, 5) is 11.2. The highest BCUT2D eigenvalue weighted by molar-refractivity contribution is 5.42. The molecule has 4 heteroatoms. The third kappa shape index (κ3) is 3.32. The van der Waals surface area contributed by atoms with Crippen molar-refractivity contribution in [2.24, 2.45) is 5.92 Å². The maximum atomic E-state index is 4.56. The summed E-state index contributed by atoms with van der Waals surface area (Å²) in [5.74, 6) is 2.67. The Morgan fingerprint density at radius 3 is 2.88 bits per heavy atom. The number of rotatable bonds is 4. The molecule has 2 heterocycles. The number of aromatic nitrogens is 2. The molecule has 1 aliphatic rings. The number of nitrogens with one attached hydrogen (secondary N) is 1. The van der Waals surface area contributed by atoms with Crippen molar-refractivity contribution >= 4 is 11.8 Å². The summed E-state index contributed by atoms with van der Waals surface area (Å²) in [6, 6.07) is 2.01. The van der Waals surface area contributed by atoms with Crippen molar-refractivity contribution in [3.8, 4) is 0 Å². The van der Waals surface area contributed by atoms with Gasteiger partial charge in [-0.2, -0.15) is 4.98 Å². The summed E-state index contributed by atoms with van der Waals surface area (Å²) in [6.07, 6.45) is 5.47. The molecule has 0 saturated carbocycles. The quantitative estimate of drug-likeness (QED) is 0.869. The molecule has 0 atom stereocenters. The molecular weight excluding hydrogens is 212 g/mol. The number of hydrogen-bond donors (Lipinski definition) is 1. The van der Waals surface area contributed by atoms with Crippen molar-refractivity contribution in [2.75, 3.05) is 29.9 Å². The lowest BCUT2D eigenvalue weighted by atomic mass is 9.99. The predicted octanol–water partition coefficient (Wildman–Crippen LogP) is 2.53. The van der Waals surface area contributed by atoms with Crippen LogP contribution in [0.15, 0.2) is 12.3 Å². The monoisotopic (exact) mass is 234 g/mol. The largest absolute Gasteiger partial charge is 0.356 e. The first-order valence-electron chi connectivity index (χ1n) is 6.61. The van der Waals surface area contributed by atoms with E-state index in [9.17, 15) is 0 Å². The summed E-state index contributed by atoms with van der Waals surface area (Å²) >= 11 is 0. The standard InChI is InChI=1S/C13H22N4/c1-3-7-14-13-15-8-4-12(16-13)17-9-5-11(2)6-10-17/h4,8,11H,3,5-7,9-10H2,1-2H3,(H,14,15,16). The highest BCUT2D eigenvalue weighted by Gasteiger charge is 2.17. The van der Waals surface area contributed by atoms with E-state index in [1.54, 1.807) is 0 Å². The number of anilines is 2. The molecule has 1 aliphatic heterocycles.